The molecule has 1 rings (SSSR count). The number of ketones is 1. The highest BCUT2D eigenvalue weighted by Gasteiger charge is 2.26. The summed E-state index contributed by atoms with van der Waals surface area (Å²) in [6.07, 6.45) is 2.02. The Labute approximate surface area is 68.6 Å². The summed E-state index contributed by atoms with van der Waals surface area (Å²) >= 11 is 0. The van der Waals surface area contributed by atoms with Gasteiger partial charge in [-0.2, -0.15) is 5.26 Å². The standard InChI is InChI=1S/C7H11N2OP/c8-4-3-7(10)6-2-1-5-9(6)11/h6H,1-3,5,11H2. The third-order valence-corrected chi connectivity index (χ3v) is 2.54. The number of nitrogens with zero attached hydrogens (tertiary/aromatic N) is 2. The van der Waals surface area contributed by atoms with Gasteiger partial charge in [0.1, 0.15) is 0 Å². The summed E-state index contributed by atoms with van der Waals surface area (Å²) < 4.78 is 1.94. The lowest BCUT2D eigenvalue weighted by atomic mass is 10.1. The molecule has 0 spiro atoms. The van der Waals surface area contributed by atoms with Crippen molar-refractivity contribution in [1.82, 2.24) is 4.67 Å². The Morgan fingerprint density at radius 3 is 3.00 bits per heavy atom. The number of hydrogen-bond acceptors (Lipinski definition) is 3. The molecule has 0 aromatic carbocycles. The maximum absolute atomic E-state index is 11.2. The molecule has 0 amide bonds. The molecule has 60 valence electrons. The zero-order valence-corrected chi connectivity index (χ0v) is 7.44. The van der Waals surface area contributed by atoms with E-state index in [1.54, 1.807) is 0 Å². The van der Waals surface area contributed by atoms with Crippen molar-refractivity contribution in [1.29, 1.82) is 5.26 Å². The number of carbonyl (C=O) groups is 1. The second-order valence-corrected chi connectivity index (χ2v) is 3.36. The molecule has 1 aliphatic rings. The first-order valence-electron chi connectivity index (χ1n) is 3.66. The average Bonchev–Trinajstić information content (AvgIpc) is 2.36. The summed E-state index contributed by atoms with van der Waals surface area (Å²) in [5.74, 6) is 0.0556. The SMILES string of the molecule is N#CCC(=O)C1CCCN1P. The first-order chi connectivity index (χ1) is 5.25. The Balaban J connectivity index is 2.47. The molecule has 1 saturated heterocycles. The fourth-order valence-corrected chi connectivity index (χ4v) is 1.83. The highest BCUT2D eigenvalue weighted by molar-refractivity contribution is 7.13. The lowest BCUT2D eigenvalue weighted by Gasteiger charge is -2.15. The molecule has 0 aromatic heterocycles. The van der Waals surface area contributed by atoms with Crippen molar-refractivity contribution in [3.63, 3.8) is 0 Å². The average molecular weight is 170 g/mol. The maximum Gasteiger partial charge on any atom is 0.164 e. The topological polar surface area (TPSA) is 44.1 Å². The number of nitriles is 1. The van der Waals surface area contributed by atoms with Gasteiger partial charge in [0.05, 0.1) is 18.5 Å². The molecule has 0 radical (unpaired) electrons. The second-order valence-electron chi connectivity index (χ2n) is 2.70. The highest BCUT2D eigenvalue weighted by atomic mass is 31.0. The molecule has 4 heteroatoms. The van der Waals surface area contributed by atoms with Crippen molar-refractivity contribution in [2.24, 2.45) is 0 Å². The maximum atomic E-state index is 11.2. The zero-order valence-electron chi connectivity index (χ0n) is 6.29. The van der Waals surface area contributed by atoms with Gasteiger partial charge in [-0.3, -0.25) is 9.46 Å². The Morgan fingerprint density at radius 2 is 2.55 bits per heavy atom. The van der Waals surface area contributed by atoms with Gasteiger partial charge >= 0.3 is 0 Å². The number of rotatable bonds is 2. The van der Waals surface area contributed by atoms with Crippen LogP contribution in [0.25, 0.3) is 0 Å². The van der Waals surface area contributed by atoms with Crippen LogP contribution in [0, 0.1) is 11.3 Å². The normalized spacial score (nSPS) is 24.9. The summed E-state index contributed by atoms with van der Waals surface area (Å²) in [5, 5.41) is 8.29. The van der Waals surface area contributed by atoms with Crippen molar-refractivity contribution in [2.75, 3.05) is 6.54 Å². The summed E-state index contributed by atoms with van der Waals surface area (Å²) in [6.45, 7) is 0.951. The Hall–Kier alpha value is -0.450. The van der Waals surface area contributed by atoms with E-state index in [4.69, 9.17) is 5.26 Å². The number of carbonyl (C=O) groups excluding carboxylic acids is 1. The van der Waals surface area contributed by atoms with E-state index in [1.165, 1.54) is 0 Å². The molecule has 0 aromatic rings. The van der Waals surface area contributed by atoms with Gasteiger partial charge in [-0.25, -0.2) is 0 Å². The highest BCUT2D eigenvalue weighted by Crippen LogP contribution is 2.21. The van der Waals surface area contributed by atoms with E-state index in [-0.39, 0.29) is 18.2 Å². The molecule has 1 fully saturated rings. The van der Waals surface area contributed by atoms with Gasteiger partial charge in [-0.05, 0) is 12.8 Å². The Kier molecular flexibility index (Phi) is 2.99. The van der Waals surface area contributed by atoms with E-state index in [0.29, 0.717) is 0 Å². The summed E-state index contributed by atoms with van der Waals surface area (Å²) in [4.78, 5) is 11.2. The van der Waals surface area contributed by atoms with Crippen LogP contribution in [0.15, 0.2) is 0 Å². The summed E-state index contributed by atoms with van der Waals surface area (Å²) in [6, 6.07) is 1.87. The van der Waals surface area contributed by atoms with Crippen LogP contribution in [0.4, 0.5) is 0 Å². The smallest absolute Gasteiger partial charge is 0.164 e. The van der Waals surface area contributed by atoms with Crippen molar-refractivity contribution in [2.45, 2.75) is 25.3 Å². The first-order valence-corrected chi connectivity index (χ1v) is 4.18. The molecule has 0 saturated carbocycles. The molecular formula is C7H11N2OP. The molecule has 2 atom stereocenters. The monoisotopic (exact) mass is 170 g/mol. The van der Waals surface area contributed by atoms with Crippen LogP contribution in [0.3, 0.4) is 0 Å². The minimum Gasteiger partial charge on any atom is -0.297 e. The Bertz CT molecular complexity index is 199. The van der Waals surface area contributed by atoms with Crippen LogP contribution in [-0.2, 0) is 4.79 Å². The lowest BCUT2D eigenvalue weighted by Crippen LogP contribution is -2.28. The molecule has 0 bridgehead atoms. The predicted octanol–water partition coefficient (Wildman–Crippen LogP) is 0.724. The number of hydrogen-bond donors (Lipinski definition) is 0. The van der Waals surface area contributed by atoms with Crippen molar-refractivity contribution in [3.05, 3.63) is 0 Å². The van der Waals surface area contributed by atoms with Gasteiger partial charge in [0.2, 0.25) is 0 Å². The largest absolute Gasteiger partial charge is 0.297 e. The summed E-state index contributed by atoms with van der Waals surface area (Å²) in [7, 11) is 2.53. The van der Waals surface area contributed by atoms with Crippen LogP contribution >= 0.6 is 9.39 Å². The fraction of sp³-hybridized carbons (Fsp3) is 0.714. The lowest BCUT2D eigenvalue weighted by molar-refractivity contribution is -0.121. The fourth-order valence-electron chi connectivity index (χ4n) is 1.33. The van der Waals surface area contributed by atoms with Crippen molar-refractivity contribution in [3.8, 4) is 6.07 Å². The van der Waals surface area contributed by atoms with E-state index in [1.807, 2.05) is 10.7 Å². The Morgan fingerprint density at radius 1 is 1.82 bits per heavy atom. The molecule has 1 heterocycles. The molecule has 11 heavy (non-hydrogen) atoms. The van der Waals surface area contributed by atoms with Crippen molar-refractivity contribution < 1.29 is 4.79 Å². The van der Waals surface area contributed by atoms with Gasteiger partial charge in [-0.1, -0.05) is 9.39 Å². The van der Waals surface area contributed by atoms with Crippen LogP contribution in [-0.4, -0.2) is 23.0 Å². The molecule has 3 nitrogen and oxygen atoms in total. The number of Topliss-reactive ketones (excluding diaryl/α,β-unsaturated/α-hetero) is 1. The quantitative estimate of drug-likeness (QED) is 0.573. The van der Waals surface area contributed by atoms with E-state index in [9.17, 15) is 4.79 Å². The molecule has 0 N–H and O–H groups in total. The van der Waals surface area contributed by atoms with Crippen LogP contribution in [0.2, 0.25) is 0 Å². The van der Waals surface area contributed by atoms with E-state index >= 15 is 0 Å². The van der Waals surface area contributed by atoms with Crippen LogP contribution < -0.4 is 0 Å². The van der Waals surface area contributed by atoms with Gasteiger partial charge in [0.25, 0.3) is 0 Å². The van der Waals surface area contributed by atoms with Crippen LogP contribution in [0.5, 0.6) is 0 Å². The predicted molar refractivity (Wildman–Crippen MR) is 44.7 cm³/mol. The van der Waals surface area contributed by atoms with Gasteiger partial charge in [-0.15, -0.1) is 0 Å². The third-order valence-electron chi connectivity index (χ3n) is 1.92. The van der Waals surface area contributed by atoms with E-state index in [2.05, 4.69) is 9.39 Å². The first kappa shape index (κ1) is 8.64. The van der Waals surface area contributed by atoms with Gasteiger partial charge < -0.3 is 0 Å². The second kappa shape index (κ2) is 3.80. The minimum atomic E-state index is -0.0142. The molecule has 2 unspecified atom stereocenters. The molecule has 1 aliphatic heterocycles. The third kappa shape index (κ3) is 1.99. The zero-order chi connectivity index (χ0) is 8.27. The molecule has 0 aliphatic carbocycles. The summed E-state index contributed by atoms with van der Waals surface area (Å²) in [5.41, 5.74) is 0. The van der Waals surface area contributed by atoms with E-state index in [0.717, 1.165) is 19.4 Å². The minimum absolute atomic E-state index is 0.0142. The van der Waals surface area contributed by atoms with Crippen molar-refractivity contribution >= 4 is 15.2 Å². The van der Waals surface area contributed by atoms with Gasteiger partial charge in [0, 0.05) is 6.54 Å². The van der Waals surface area contributed by atoms with E-state index < -0.39 is 0 Å². The van der Waals surface area contributed by atoms with Gasteiger partial charge in [0.15, 0.2) is 5.78 Å². The molecular weight excluding hydrogens is 159 g/mol. The van der Waals surface area contributed by atoms with Crippen LogP contribution in [0.1, 0.15) is 19.3 Å².